The number of aromatic nitrogens is 5. The van der Waals surface area contributed by atoms with Crippen LogP contribution in [0.2, 0.25) is 0 Å². The summed E-state index contributed by atoms with van der Waals surface area (Å²) in [6.45, 7) is 5.28. The first-order chi connectivity index (χ1) is 12.6. The minimum absolute atomic E-state index is 0.204. The monoisotopic (exact) mass is 353 g/mol. The normalized spacial score (nSPS) is 10.7. The minimum atomic E-state index is -0.204. The lowest BCUT2D eigenvalue weighted by molar-refractivity contribution is 0.252. The zero-order valence-corrected chi connectivity index (χ0v) is 15.0. The number of nitrogens with zero attached hydrogens (tertiary/aromatic N) is 4. The first-order valence-corrected chi connectivity index (χ1v) is 8.59. The van der Waals surface area contributed by atoms with E-state index in [0.717, 1.165) is 41.7 Å². The van der Waals surface area contributed by atoms with Crippen LogP contribution in [0.25, 0.3) is 0 Å². The Morgan fingerprint density at radius 1 is 1.23 bits per heavy atom. The van der Waals surface area contributed by atoms with E-state index in [1.165, 1.54) is 0 Å². The van der Waals surface area contributed by atoms with Crippen molar-refractivity contribution in [3.63, 3.8) is 0 Å². The van der Waals surface area contributed by atoms with E-state index in [4.69, 9.17) is 0 Å². The number of carbonyl (C=O) groups is 1. The van der Waals surface area contributed by atoms with Gasteiger partial charge in [-0.15, -0.1) is 0 Å². The second-order valence-corrected chi connectivity index (χ2v) is 6.11. The standard InChI is InChI=1S/C18H23N7O/c1-13-21-17(24-23-13)12-15-4-6-16(7-5-15)22-18(26)20-8-3-10-25-11-9-19-14(25)2/h4-7,9,11H,3,8,10,12H2,1-2H3,(H2,20,22,26)(H,21,23,24). The van der Waals surface area contributed by atoms with Crippen LogP contribution in [0, 0.1) is 13.8 Å². The molecule has 0 aliphatic heterocycles. The van der Waals surface area contributed by atoms with Crippen molar-refractivity contribution in [2.24, 2.45) is 0 Å². The zero-order chi connectivity index (χ0) is 18.4. The lowest BCUT2D eigenvalue weighted by Gasteiger charge is -2.09. The Kier molecular flexibility index (Phi) is 5.62. The SMILES string of the molecule is Cc1nc(Cc2ccc(NC(=O)NCCCn3ccnc3C)cc2)n[nH]1. The minimum Gasteiger partial charge on any atom is -0.338 e. The molecule has 0 bridgehead atoms. The van der Waals surface area contributed by atoms with Crippen molar-refractivity contribution in [3.8, 4) is 0 Å². The van der Waals surface area contributed by atoms with Gasteiger partial charge < -0.3 is 15.2 Å². The summed E-state index contributed by atoms with van der Waals surface area (Å²) in [4.78, 5) is 20.4. The molecule has 0 spiro atoms. The second-order valence-electron chi connectivity index (χ2n) is 6.11. The van der Waals surface area contributed by atoms with Gasteiger partial charge in [-0.2, -0.15) is 5.10 Å². The highest BCUT2D eigenvalue weighted by atomic mass is 16.2. The maximum Gasteiger partial charge on any atom is 0.319 e. The van der Waals surface area contributed by atoms with E-state index < -0.39 is 0 Å². The van der Waals surface area contributed by atoms with Crippen molar-refractivity contribution in [2.45, 2.75) is 33.2 Å². The largest absolute Gasteiger partial charge is 0.338 e. The van der Waals surface area contributed by atoms with Crippen LogP contribution in [0.1, 0.15) is 29.5 Å². The molecule has 0 saturated carbocycles. The smallest absolute Gasteiger partial charge is 0.319 e. The number of nitrogens with one attached hydrogen (secondary N) is 3. The summed E-state index contributed by atoms with van der Waals surface area (Å²) in [5, 5.41) is 12.7. The first-order valence-electron chi connectivity index (χ1n) is 8.59. The number of hydrogen-bond donors (Lipinski definition) is 3. The Hall–Kier alpha value is -3.16. The summed E-state index contributed by atoms with van der Waals surface area (Å²) >= 11 is 0. The highest BCUT2D eigenvalue weighted by molar-refractivity contribution is 5.89. The predicted octanol–water partition coefficient (Wildman–Crippen LogP) is 2.42. The molecule has 0 fully saturated rings. The van der Waals surface area contributed by atoms with Gasteiger partial charge in [0.1, 0.15) is 11.6 Å². The lowest BCUT2D eigenvalue weighted by atomic mass is 10.1. The molecule has 1 aromatic carbocycles. The van der Waals surface area contributed by atoms with Crippen molar-refractivity contribution in [1.82, 2.24) is 30.0 Å². The molecule has 2 heterocycles. The van der Waals surface area contributed by atoms with Gasteiger partial charge >= 0.3 is 6.03 Å². The number of H-pyrrole nitrogens is 1. The topological polar surface area (TPSA) is 101 Å². The van der Waals surface area contributed by atoms with Crippen LogP contribution in [0.5, 0.6) is 0 Å². The van der Waals surface area contributed by atoms with Gasteiger partial charge in [0.25, 0.3) is 0 Å². The van der Waals surface area contributed by atoms with Gasteiger partial charge in [-0.1, -0.05) is 12.1 Å². The number of rotatable bonds is 7. The van der Waals surface area contributed by atoms with E-state index in [-0.39, 0.29) is 6.03 Å². The summed E-state index contributed by atoms with van der Waals surface area (Å²) in [6, 6.07) is 7.48. The Bertz CT molecular complexity index is 851. The Balaban J connectivity index is 1.40. The molecule has 0 aliphatic rings. The first kappa shape index (κ1) is 17.7. The van der Waals surface area contributed by atoms with Crippen LogP contribution < -0.4 is 10.6 Å². The van der Waals surface area contributed by atoms with Crippen LogP contribution in [0.4, 0.5) is 10.5 Å². The fourth-order valence-corrected chi connectivity index (χ4v) is 2.62. The number of anilines is 1. The average molecular weight is 353 g/mol. The van der Waals surface area contributed by atoms with Gasteiger partial charge in [-0.05, 0) is 38.0 Å². The molecule has 0 radical (unpaired) electrons. The molecule has 3 aromatic rings. The van der Waals surface area contributed by atoms with Crippen LogP contribution in [0.3, 0.4) is 0 Å². The summed E-state index contributed by atoms with van der Waals surface area (Å²) in [5.41, 5.74) is 1.84. The average Bonchev–Trinajstić information content (AvgIpc) is 3.22. The van der Waals surface area contributed by atoms with E-state index in [1.807, 2.05) is 44.3 Å². The summed E-state index contributed by atoms with van der Waals surface area (Å²) < 4.78 is 2.06. The summed E-state index contributed by atoms with van der Waals surface area (Å²) in [5.74, 6) is 2.54. The molecule has 0 atom stereocenters. The molecule has 2 aromatic heterocycles. The number of benzene rings is 1. The van der Waals surface area contributed by atoms with E-state index in [9.17, 15) is 4.79 Å². The summed E-state index contributed by atoms with van der Waals surface area (Å²) in [6.07, 6.45) is 5.23. The van der Waals surface area contributed by atoms with Gasteiger partial charge in [0.2, 0.25) is 0 Å². The highest BCUT2D eigenvalue weighted by Crippen LogP contribution is 2.12. The van der Waals surface area contributed by atoms with Gasteiger partial charge in [0, 0.05) is 37.6 Å². The molecular formula is C18H23N7O. The molecule has 0 saturated heterocycles. The second kappa shape index (κ2) is 8.28. The Morgan fingerprint density at radius 2 is 2.04 bits per heavy atom. The van der Waals surface area contributed by atoms with Gasteiger partial charge in [0.15, 0.2) is 5.82 Å². The third kappa shape index (κ3) is 4.92. The van der Waals surface area contributed by atoms with Crippen molar-refractivity contribution >= 4 is 11.7 Å². The van der Waals surface area contributed by atoms with Gasteiger partial charge in [-0.25, -0.2) is 14.8 Å². The number of hydrogen-bond acceptors (Lipinski definition) is 4. The maximum atomic E-state index is 12.0. The molecule has 8 heteroatoms. The molecule has 136 valence electrons. The number of imidazole rings is 1. The van der Waals surface area contributed by atoms with E-state index in [1.54, 1.807) is 6.20 Å². The van der Waals surface area contributed by atoms with Crippen LogP contribution in [-0.4, -0.2) is 37.3 Å². The number of amides is 2. The van der Waals surface area contributed by atoms with Gasteiger partial charge in [-0.3, -0.25) is 5.10 Å². The fourth-order valence-electron chi connectivity index (χ4n) is 2.62. The zero-order valence-electron chi connectivity index (χ0n) is 15.0. The Labute approximate surface area is 152 Å². The van der Waals surface area contributed by atoms with Gasteiger partial charge in [0.05, 0.1) is 0 Å². The molecular weight excluding hydrogens is 330 g/mol. The van der Waals surface area contributed by atoms with Crippen molar-refractivity contribution in [2.75, 3.05) is 11.9 Å². The van der Waals surface area contributed by atoms with Crippen LogP contribution in [0.15, 0.2) is 36.7 Å². The van der Waals surface area contributed by atoms with E-state index >= 15 is 0 Å². The number of aromatic amines is 1. The molecule has 3 N–H and O–H groups in total. The summed E-state index contributed by atoms with van der Waals surface area (Å²) in [7, 11) is 0. The quantitative estimate of drug-likeness (QED) is 0.568. The van der Waals surface area contributed by atoms with E-state index in [2.05, 4.69) is 35.4 Å². The lowest BCUT2D eigenvalue weighted by Crippen LogP contribution is -2.30. The molecule has 2 amide bonds. The molecule has 26 heavy (non-hydrogen) atoms. The highest BCUT2D eigenvalue weighted by Gasteiger charge is 2.04. The van der Waals surface area contributed by atoms with Crippen molar-refractivity contribution in [1.29, 1.82) is 0 Å². The van der Waals surface area contributed by atoms with Crippen molar-refractivity contribution in [3.05, 3.63) is 59.7 Å². The van der Waals surface area contributed by atoms with E-state index in [0.29, 0.717) is 13.0 Å². The maximum absolute atomic E-state index is 12.0. The third-order valence-electron chi connectivity index (χ3n) is 4.00. The van der Waals surface area contributed by atoms with Crippen LogP contribution >= 0.6 is 0 Å². The number of carbonyl (C=O) groups excluding carboxylic acids is 1. The molecule has 8 nitrogen and oxygen atoms in total. The number of aryl methyl sites for hydroxylation is 3. The third-order valence-corrected chi connectivity index (χ3v) is 4.00. The molecule has 0 aliphatic carbocycles. The predicted molar refractivity (Wildman–Crippen MR) is 99.0 cm³/mol. The fraction of sp³-hybridized carbons (Fsp3) is 0.333. The Morgan fingerprint density at radius 3 is 2.69 bits per heavy atom. The van der Waals surface area contributed by atoms with Crippen LogP contribution in [-0.2, 0) is 13.0 Å². The molecule has 0 unspecified atom stereocenters. The number of urea groups is 1. The molecule has 3 rings (SSSR count). The van der Waals surface area contributed by atoms with Crippen molar-refractivity contribution < 1.29 is 4.79 Å².